The number of halogens is 1. The molecular weight excluding hydrogens is 278 g/mol. The van der Waals surface area contributed by atoms with Crippen LogP contribution >= 0.6 is 15.9 Å². The molecule has 1 rings (SSSR count). The Morgan fingerprint density at radius 3 is 2.47 bits per heavy atom. The van der Waals surface area contributed by atoms with Crippen LogP contribution in [-0.4, -0.2) is 15.0 Å². The third kappa shape index (κ3) is 5.19. The average molecular weight is 302 g/mol. The molecule has 0 atom stereocenters. The van der Waals surface area contributed by atoms with Crippen molar-refractivity contribution in [3.05, 3.63) is 10.3 Å². The van der Waals surface area contributed by atoms with E-state index in [4.69, 9.17) is 0 Å². The van der Waals surface area contributed by atoms with E-state index in [-0.39, 0.29) is 5.41 Å². The molecule has 4 heteroatoms. The van der Waals surface area contributed by atoms with E-state index in [9.17, 15) is 0 Å². The summed E-state index contributed by atoms with van der Waals surface area (Å²) < 4.78 is 3.04. The monoisotopic (exact) mass is 301 g/mol. The quantitative estimate of drug-likeness (QED) is 0.737. The van der Waals surface area contributed by atoms with Crippen LogP contribution in [-0.2, 0) is 13.0 Å². The predicted molar refractivity (Wildman–Crippen MR) is 75.0 cm³/mol. The van der Waals surface area contributed by atoms with Gasteiger partial charge in [-0.15, -0.1) is 5.10 Å². The molecule has 0 saturated carbocycles. The lowest BCUT2D eigenvalue weighted by atomic mass is 9.91. The lowest BCUT2D eigenvalue weighted by Crippen LogP contribution is -2.10. The molecule has 0 N–H and O–H groups in total. The topological polar surface area (TPSA) is 30.7 Å². The van der Waals surface area contributed by atoms with E-state index in [1.54, 1.807) is 0 Å². The molecule has 0 aliphatic rings. The molecular formula is C13H24BrN3. The first-order chi connectivity index (χ1) is 7.94. The fourth-order valence-corrected chi connectivity index (χ4v) is 2.25. The Labute approximate surface area is 113 Å². The highest BCUT2D eigenvalue weighted by atomic mass is 79.9. The van der Waals surface area contributed by atoms with E-state index in [0.717, 1.165) is 23.3 Å². The zero-order chi connectivity index (χ0) is 12.9. The second-order valence-corrected chi connectivity index (χ2v) is 6.60. The van der Waals surface area contributed by atoms with Crippen LogP contribution < -0.4 is 0 Å². The lowest BCUT2D eigenvalue weighted by Gasteiger charge is -2.15. The molecule has 0 aliphatic heterocycles. The Hall–Kier alpha value is -0.380. The molecule has 0 aliphatic carbocycles. The van der Waals surface area contributed by atoms with Crippen molar-refractivity contribution < 1.29 is 0 Å². The normalized spacial score (nSPS) is 12.1. The van der Waals surface area contributed by atoms with E-state index >= 15 is 0 Å². The van der Waals surface area contributed by atoms with Gasteiger partial charge in [-0.1, -0.05) is 52.2 Å². The molecule has 0 saturated heterocycles. The van der Waals surface area contributed by atoms with Crippen LogP contribution in [0.2, 0.25) is 0 Å². The fourth-order valence-electron chi connectivity index (χ4n) is 1.78. The van der Waals surface area contributed by atoms with Gasteiger partial charge in [-0.3, -0.25) is 0 Å². The first-order valence-electron chi connectivity index (χ1n) is 6.52. The van der Waals surface area contributed by atoms with Gasteiger partial charge in [0.1, 0.15) is 4.60 Å². The lowest BCUT2D eigenvalue weighted by molar-refractivity contribution is 0.405. The standard InChI is InChI=1S/C13H24BrN3/c1-5-6-7-8-9-17-12(14)11(15-16-17)10-13(2,3)4/h5-10H2,1-4H3. The second kappa shape index (κ2) is 6.53. The summed E-state index contributed by atoms with van der Waals surface area (Å²) in [5.41, 5.74) is 1.33. The highest BCUT2D eigenvalue weighted by Gasteiger charge is 2.17. The minimum atomic E-state index is 0.256. The van der Waals surface area contributed by atoms with Crippen molar-refractivity contribution in [2.24, 2.45) is 5.41 Å². The second-order valence-electron chi connectivity index (χ2n) is 5.85. The zero-order valence-electron chi connectivity index (χ0n) is 11.5. The molecule has 0 amide bonds. The summed E-state index contributed by atoms with van der Waals surface area (Å²) in [7, 11) is 0. The van der Waals surface area contributed by atoms with Crippen molar-refractivity contribution in [3.63, 3.8) is 0 Å². The van der Waals surface area contributed by atoms with Crippen LogP contribution in [0, 0.1) is 5.41 Å². The summed E-state index contributed by atoms with van der Waals surface area (Å²) in [5.74, 6) is 0. The summed E-state index contributed by atoms with van der Waals surface area (Å²) >= 11 is 3.61. The molecule has 17 heavy (non-hydrogen) atoms. The Kier molecular flexibility index (Phi) is 5.63. The third-order valence-corrected chi connectivity index (χ3v) is 3.53. The molecule has 0 spiro atoms. The molecule has 0 unspecified atom stereocenters. The van der Waals surface area contributed by atoms with Gasteiger partial charge < -0.3 is 0 Å². The number of rotatable bonds is 6. The molecule has 0 bridgehead atoms. The minimum absolute atomic E-state index is 0.256. The van der Waals surface area contributed by atoms with Crippen LogP contribution in [0.15, 0.2) is 4.60 Å². The molecule has 0 radical (unpaired) electrons. The smallest absolute Gasteiger partial charge is 0.127 e. The fraction of sp³-hybridized carbons (Fsp3) is 0.846. The van der Waals surface area contributed by atoms with Crippen molar-refractivity contribution in [1.29, 1.82) is 0 Å². The largest absolute Gasteiger partial charge is 0.238 e. The van der Waals surface area contributed by atoms with Gasteiger partial charge in [0, 0.05) is 6.54 Å². The molecule has 1 aromatic heterocycles. The molecule has 1 heterocycles. The first-order valence-corrected chi connectivity index (χ1v) is 7.31. The summed E-state index contributed by atoms with van der Waals surface area (Å²) in [6.07, 6.45) is 6.00. The molecule has 0 fully saturated rings. The van der Waals surface area contributed by atoms with Gasteiger partial charge in [-0.2, -0.15) is 0 Å². The van der Waals surface area contributed by atoms with Crippen LogP contribution in [0.25, 0.3) is 0 Å². The molecule has 3 nitrogen and oxygen atoms in total. The van der Waals surface area contributed by atoms with Gasteiger partial charge in [0.25, 0.3) is 0 Å². The summed E-state index contributed by atoms with van der Waals surface area (Å²) in [5, 5.41) is 8.48. The number of hydrogen-bond donors (Lipinski definition) is 0. The predicted octanol–water partition coefficient (Wildman–Crippen LogP) is 4.21. The maximum absolute atomic E-state index is 4.27. The highest BCUT2D eigenvalue weighted by molar-refractivity contribution is 9.10. The maximum atomic E-state index is 4.27. The van der Waals surface area contributed by atoms with Gasteiger partial charge in [0.15, 0.2) is 0 Å². The first kappa shape index (κ1) is 14.7. The van der Waals surface area contributed by atoms with Gasteiger partial charge >= 0.3 is 0 Å². The maximum Gasteiger partial charge on any atom is 0.127 e. The van der Waals surface area contributed by atoms with Crippen molar-refractivity contribution in [2.75, 3.05) is 0 Å². The van der Waals surface area contributed by atoms with Crippen molar-refractivity contribution in [1.82, 2.24) is 15.0 Å². The van der Waals surface area contributed by atoms with E-state index in [1.165, 1.54) is 25.7 Å². The number of aryl methyl sites for hydroxylation is 1. The third-order valence-electron chi connectivity index (χ3n) is 2.66. The van der Waals surface area contributed by atoms with Gasteiger partial charge in [-0.05, 0) is 34.2 Å². The van der Waals surface area contributed by atoms with Crippen LogP contribution in [0.3, 0.4) is 0 Å². The zero-order valence-corrected chi connectivity index (χ0v) is 13.0. The number of unbranched alkanes of at least 4 members (excludes halogenated alkanes) is 3. The number of nitrogens with zero attached hydrogens (tertiary/aromatic N) is 3. The summed E-state index contributed by atoms with van der Waals surface area (Å²) in [6.45, 7) is 9.86. The number of hydrogen-bond acceptors (Lipinski definition) is 2. The Morgan fingerprint density at radius 2 is 1.88 bits per heavy atom. The molecule has 1 aromatic rings. The highest BCUT2D eigenvalue weighted by Crippen LogP contribution is 2.24. The average Bonchev–Trinajstić information content (AvgIpc) is 2.54. The van der Waals surface area contributed by atoms with E-state index in [1.807, 2.05) is 4.68 Å². The van der Waals surface area contributed by atoms with E-state index in [2.05, 4.69) is 53.9 Å². The Bertz CT molecular complexity index is 339. The van der Waals surface area contributed by atoms with Crippen LogP contribution in [0.4, 0.5) is 0 Å². The Balaban J connectivity index is 2.52. The summed E-state index contributed by atoms with van der Waals surface area (Å²) in [6, 6.07) is 0. The van der Waals surface area contributed by atoms with Crippen molar-refractivity contribution >= 4 is 15.9 Å². The van der Waals surface area contributed by atoms with Gasteiger partial charge in [0.05, 0.1) is 5.69 Å². The van der Waals surface area contributed by atoms with Gasteiger partial charge in [0.2, 0.25) is 0 Å². The van der Waals surface area contributed by atoms with Gasteiger partial charge in [-0.25, -0.2) is 4.68 Å². The molecule has 98 valence electrons. The van der Waals surface area contributed by atoms with Crippen molar-refractivity contribution in [2.45, 2.75) is 66.3 Å². The minimum Gasteiger partial charge on any atom is -0.238 e. The van der Waals surface area contributed by atoms with Crippen molar-refractivity contribution in [3.8, 4) is 0 Å². The SMILES string of the molecule is CCCCCCn1nnc(CC(C)(C)C)c1Br. The Morgan fingerprint density at radius 1 is 1.18 bits per heavy atom. The van der Waals surface area contributed by atoms with Crippen LogP contribution in [0.5, 0.6) is 0 Å². The summed E-state index contributed by atoms with van der Waals surface area (Å²) in [4.78, 5) is 0. The van der Waals surface area contributed by atoms with E-state index < -0.39 is 0 Å². The number of aromatic nitrogens is 3. The van der Waals surface area contributed by atoms with E-state index in [0.29, 0.717) is 0 Å². The van der Waals surface area contributed by atoms with Crippen LogP contribution in [0.1, 0.15) is 59.1 Å². The molecule has 0 aromatic carbocycles.